The summed E-state index contributed by atoms with van der Waals surface area (Å²) >= 11 is 0. The van der Waals surface area contributed by atoms with E-state index in [4.69, 9.17) is 20.2 Å². The van der Waals surface area contributed by atoms with Crippen LogP contribution in [0.2, 0.25) is 0 Å². The molecular weight excluding hydrogens is 146 g/mol. The highest BCUT2D eigenvalue weighted by Crippen LogP contribution is 2.19. The standard InChI is InChI=1S/C7H11NO3/c8-2-1-6-3-5(9)4-7(10)11-6/h5-7,9-10H,1,3-4H2/t5-,6+,7?/m0/s1. The van der Waals surface area contributed by atoms with Crippen molar-refractivity contribution in [2.24, 2.45) is 0 Å². The minimum atomic E-state index is -0.905. The number of hydrogen-bond acceptors (Lipinski definition) is 4. The highest BCUT2D eigenvalue weighted by Gasteiger charge is 2.26. The molecule has 0 amide bonds. The van der Waals surface area contributed by atoms with E-state index in [1.807, 2.05) is 6.07 Å². The van der Waals surface area contributed by atoms with Gasteiger partial charge in [0.25, 0.3) is 0 Å². The second-order valence-corrected chi connectivity index (χ2v) is 2.70. The first-order chi connectivity index (χ1) is 5.22. The molecule has 0 spiro atoms. The highest BCUT2D eigenvalue weighted by molar-refractivity contribution is 4.81. The molecular formula is C7H11NO3. The van der Waals surface area contributed by atoms with Crippen LogP contribution >= 0.6 is 0 Å². The van der Waals surface area contributed by atoms with Crippen molar-refractivity contribution in [2.75, 3.05) is 0 Å². The van der Waals surface area contributed by atoms with Crippen LogP contribution < -0.4 is 0 Å². The average Bonchev–Trinajstić information content (AvgIpc) is 1.85. The Morgan fingerprint density at radius 2 is 2.18 bits per heavy atom. The van der Waals surface area contributed by atoms with Gasteiger partial charge < -0.3 is 14.9 Å². The summed E-state index contributed by atoms with van der Waals surface area (Å²) in [7, 11) is 0. The molecule has 4 nitrogen and oxygen atoms in total. The Morgan fingerprint density at radius 3 is 2.73 bits per heavy atom. The lowest BCUT2D eigenvalue weighted by Crippen LogP contribution is -2.35. The lowest BCUT2D eigenvalue weighted by molar-refractivity contribution is -0.187. The maximum absolute atomic E-state index is 9.13. The number of hydrogen-bond donors (Lipinski definition) is 2. The minimum absolute atomic E-state index is 0.230. The molecule has 11 heavy (non-hydrogen) atoms. The van der Waals surface area contributed by atoms with Gasteiger partial charge in [-0.25, -0.2) is 0 Å². The highest BCUT2D eigenvalue weighted by atomic mass is 16.6. The zero-order valence-electron chi connectivity index (χ0n) is 6.10. The van der Waals surface area contributed by atoms with Gasteiger partial charge in [-0.15, -0.1) is 0 Å². The quantitative estimate of drug-likeness (QED) is 0.551. The number of rotatable bonds is 1. The summed E-state index contributed by atoms with van der Waals surface area (Å²) < 4.78 is 4.97. The van der Waals surface area contributed by atoms with Gasteiger partial charge in [0.1, 0.15) is 0 Å². The molecule has 62 valence electrons. The molecule has 1 aliphatic heterocycles. The molecule has 0 aromatic rings. The Bertz CT molecular complexity index is 156. The fourth-order valence-corrected chi connectivity index (χ4v) is 1.20. The Morgan fingerprint density at radius 1 is 1.45 bits per heavy atom. The first-order valence-electron chi connectivity index (χ1n) is 3.61. The molecule has 0 saturated carbocycles. The zero-order chi connectivity index (χ0) is 8.27. The summed E-state index contributed by atoms with van der Waals surface area (Å²) in [4.78, 5) is 0. The molecule has 1 unspecified atom stereocenters. The molecule has 0 bridgehead atoms. The Labute approximate surface area is 65.0 Å². The van der Waals surface area contributed by atoms with Crippen molar-refractivity contribution >= 4 is 0 Å². The van der Waals surface area contributed by atoms with Crippen LogP contribution in [0, 0.1) is 11.3 Å². The van der Waals surface area contributed by atoms with Crippen molar-refractivity contribution in [1.29, 1.82) is 5.26 Å². The van der Waals surface area contributed by atoms with Crippen LogP contribution in [-0.2, 0) is 4.74 Å². The second kappa shape index (κ2) is 3.67. The number of ether oxygens (including phenoxy) is 1. The Balaban J connectivity index is 2.38. The summed E-state index contributed by atoms with van der Waals surface area (Å²) in [5.41, 5.74) is 0. The lowest BCUT2D eigenvalue weighted by atomic mass is 10.0. The van der Waals surface area contributed by atoms with Crippen molar-refractivity contribution in [3.8, 4) is 6.07 Å². The predicted molar refractivity (Wildman–Crippen MR) is 36.4 cm³/mol. The molecule has 4 heteroatoms. The van der Waals surface area contributed by atoms with Crippen LogP contribution in [0.1, 0.15) is 19.3 Å². The molecule has 3 atom stereocenters. The van der Waals surface area contributed by atoms with E-state index in [9.17, 15) is 0 Å². The van der Waals surface area contributed by atoms with Gasteiger partial charge in [0.2, 0.25) is 0 Å². The summed E-state index contributed by atoms with van der Waals surface area (Å²) in [5.74, 6) is 0. The maximum Gasteiger partial charge on any atom is 0.157 e. The number of aliphatic hydroxyl groups excluding tert-OH is 2. The molecule has 0 aliphatic carbocycles. The number of aliphatic hydroxyl groups is 2. The van der Waals surface area contributed by atoms with Crippen LogP contribution in [0.5, 0.6) is 0 Å². The first kappa shape index (κ1) is 8.47. The monoisotopic (exact) mass is 157 g/mol. The minimum Gasteiger partial charge on any atom is -0.393 e. The molecule has 1 rings (SSSR count). The molecule has 0 radical (unpaired) electrons. The van der Waals surface area contributed by atoms with E-state index < -0.39 is 12.4 Å². The Hall–Kier alpha value is -0.630. The summed E-state index contributed by atoms with van der Waals surface area (Å²) in [6, 6.07) is 1.93. The van der Waals surface area contributed by atoms with Gasteiger partial charge >= 0.3 is 0 Å². The van der Waals surface area contributed by atoms with Crippen molar-refractivity contribution < 1.29 is 14.9 Å². The van der Waals surface area contributed by atoms with Gasteiger partial charge in [-0.3, -0.25) is 0 Å². The topological polar surface area (TPSA) is 73.5 Å². The van der Waals surface area contributed by atoms with Crippen LogP contribution in [-0.4, -0.2) is 28.7 Å². The van der Waals surface area contributed by atoms with Crippen molar-refractivity contribution in [3.63, 3.8) is 0 Å². The Kier molecular flexibility index (Phi) is 2.83. The van der Waals surface area contributed by atoms with Crippen LogP contribution in [0.25, 0.3) is 0 Å². The summed E-state index contributed by atoms with van der Waals surface area (Å²) in [6.07, 6.45) is -0.811. The van der Waals surface area contributed by atoms with Crippen molar-refractivity contribution in [2.45, 2.75) is 37.8 Å². The van der Waals surface area contributed by atoms with Crippen LogP contribution in [0.3, 0.4) is 0 Å². The van der Waals surface area contributed by atoms with E-state index in [0.717, 1.165) is 0 Å². The van der Waals surface area contributed by atoms with Gasteiger partial charge in [0.15, 0.2) is 6.29 Å². The van der Waals surface area contributed by atoms with Crippen LogP contribution in [0.15, 0.2) is 0 Å². The lowest BCUT2D eigenvalue weighted by Gasteiger charge is -2.28. The van der Waals surface area contributed by atoms with Crippen LogP contribution in [0.4, 0.5) is 0 Å². The molecule has 1 heterocycles. The van der Waals surface area contributed by atoms with Crippen molar-refractivity contribution in [3.05, 3.63) is 0 Å². The third-order valence-corrected chi connectivity index (χ3v) is 1.68. The number of nitrogens with zero attached hydrogens (tertiary/aromatic N) is 1. The molecule has 0 aromatic carbocycles. The fourth-order valence-electron chi connectivity index (χ4n) is 1.20. The molecule has 1 saturated heterocycles. The van der Waals surface area contributed by atoms with E-state index in [0.29, 0.717) is 6.42 Å². The summed E-state index contributed by atoms with van der Waals surface area (Å²) in [5, 5.41) is 26.4. The van der Waals surface area contributed by atoms with E-state index in [1.165, 1.54) is 0 Å². The molecule has 2 N–H and O–H groups in total. The molecule has 1 aliphatic rings. The maximum atomic E-state index is 9.13. The van der Waals surface area contributed by atoms with Gasteiger partial charge in [0.05, 0.1) is 24.7 Å². The predicted octanol–water partition coefficient (Wildman–Crippen LogP) is -0.242. The fraction of sp³-hybridized carbons (Fsp3) is 0.857. The summed E-state index contributed by atoms with van der Waals surface area (Å²) in [6.45, 7) is 0. The smallest absolute Gasteiger partial charge is 0.157 e. The SMILES string of the molecule is N#CC[C@@H]1C[C@H](O)CC(O)O1. The first-order valence-corrected chi connectivity index (χ1v) is 3.61. The van der Waals surface area contributed by atoms with Gasteiger partial charge in [-0.1, -0.05) is 0 Å². The molecule has 0 aromatic heterocycles. The third-order valence-electron chi connectivity index (χ3n) is 1.68. The second-order valence-electron chi connectivity index (χ2n) is 2.70. The average molecular weight is 157 g/mol. The van der Waals surface area contributed by atoms with Gasteiger partial charge in [0, 0.05) is 12.8 Å². The van der Waals surface area contributed by atoms with E-state index in [2.05, 4.69) is 0 Å². The van der Waals surface area contributed by atoms with Gasteiger partial charge in [-0.2, -0.15) is 5.26 Å². The molecule has 1 fully saturated rings. The normalized spacial score (nSPS) is 38.1. The third kappa shape index (κ3) is 2.46. The van der Waals surface area contributed by atoms with E-state index in [-0.39, 0.29) is 18.9 Å². The largest absolute Gasteiger partial charge is 0.393 e. The van der Waals surface area contributed by atoms with Crippen molar-refractivity contribution in [1.82, 2.24) is 0 Å². The number of nitriles is 1. The van der Waals surface area contributed by atoms with Gasteiger partial charge in [-0.05, 0) is 0 Å². The zero-order valence-corrected chi connectivity index (χ0v) is 6.10. The van der Waals surface area contributed by atoms with E-state index in [1.54, 1.807) is 0 Å². The van der Waals surface area contributed by atoms with E-state index >= 15 is 0 Å².